The zero-order chi connectivity index (χ0) is 14.0. The molecule has 2 aliphatic heterocycles. The molecule has 0 aromatic heterocycles. The Kier molecular flexibility index (Phi) is 2.65. The van der Waals surface area contributed by atoms with Gasteiger partial charge in [0.25, 0.3) is 0 Å². The lowest BCUT2D eigenvalue weighted by atomic mass is 9.48. The molecule has 116 valence electrons. The number of ether oxygens (including phenoxy) is 1. The van der Waals surface area contributed by atoms with E-state index in [9.17, 15) is 0 Å². The number of aliphatic imine (C=N–C) groups is 1. The van der Waals surface area contributed by atoms with Crippen molar-refractivity contribution in [3.8, 4) is 0 Å². The van der Waals surface area contributed by atoms with Crippen LogP contribution in [0.1, 0.15) is 44.9 Å². The highest BCUT2D eigenvalue weighted by Gasteiger charge is 2.61. The van der Waals surface area contributed by atoms with Crippen LogP contribution in [-0.4, -0.2) is 42.2 Å². The van der Waals surface area contributed by atoms with Crippen molar-refractivity contribution < 1.29 is 4.74 Å². The predicted octanol–water partition coefficient (Wildman–Crippen LogP) is 1.99. The summed E-state index contributed by atoms with van der Waals surface area (Å²) in [5.41, 5.74) is 6.60. The number of nitrogens with two attached hydrogens (primary N) is 1. The van der Waals surface area contributed by atoms with Crippen LogP contribution < -0.4 is 5.73 Å². The third kappa shape index (κ3) is 1.68. The lowest BCUT2D eigenvalue weighted by Crippen LogP contribution is -2.68. The average molecular weight is 289 g/mol. The van der Waals surface area contributed by atoms with E-state index in [0.29, 0.717) is 6.10 Å². The molecule has 5 fully saturated rings. The molecule has 4 nitrogen and oxygen atoms in total. The van der Waals surface area contributed by atoms with Crippen LogP contribution >= 0.6 is 0 Å². The van der Waals surface area contributed by atoms with Gasteiger partial charge in [0, 0.05) is 13.2 Å². The molecule has 1 spiro atoms. The second-order valence-corrected chi connectivity index (χ2v) is 8.22. The van der Waals surface area contributed by atoms with Crippen LogP contribution in [0, 0.1) is 23.7 Å². The van der Waals surface area contributed by atoms with E-state index in [4.69, 9.17) is 15.5 Å². The van der Waals surface area contributed by atoms with Crippen molar-refractivity contribution in [2.45, 2.75) is 56.6 Å². The van der Waals surface area contributed by atoms with Crippen LogP contribution in [0.3, 0.4) is 0 Å². The second-order valence-electron chi connectivity index (χ2n) is 8.22. The predicted molar refractivity (Wildman–Crippen MR) is 81.9 cm³/mol. The quantitative estimate of drug-likeness (QED) is 0.846. The van der Waals surface area contributed by atoms with E-state index in [-0.39, 0.29) is 5.54 Å². The van der Waals surface area contributed by atoms with Crippen molar-refractivity contribution in [3.63, 3.8) is 0 Å². The largest absolute Gasteiger partial charge is 0.376 e. The maximum Gasteiger partial charge on any atom is 0.191 e. The van der Waals surface area contributed by atoms with Gasteiger partial charge in [0.05, 0.1) is 18.2 Å². The molecule has 1 atom stereocenters. The van der Waals surface area contributed by atoms with Crippen molar-refractivity contribution in [2.75, 3.05) is 19.7 Å². The molecule has 6 aliphatic rings. The highest BCUT2D eigenvalue weighted by atomic mass is 16.5. The molecule has 21 heavy (non-hydrogen) atoms. The first-order chi connectivity index (χ1) is 10.3. The Morgan fingerprint density at radius 2 is 1.86 bits per heavy atom. The van der Waals surface area contributed by atoms with Crippen LogP contribution in [0.25, 0.3) is 0 Å². The topological polar surface area (TPSA) is 50.8 Å². The van der Waals surface area contributed by atoms with Gasteiger partial charge in [-0.25, -0.2) is 0 Å². The molecular formula is C17H27N3O. The van der Waals surface area contributed by atoms with Gasteiger partial charge in [-0.3, -0.25) is 4.99 Å². The summed E-state index contributed by atoms with van der Waals surface area (Å²) in [6, 6.07) is 0. The minimum Gasteiger partial charge on any atom is -0.376 e. The molecule has 0 amide bonds. The summed E-state index contributed by atoms with van der Waals surface area (Å²) in [5.74, 6) is 4.48. The molecule has 4 aliphatic carbocycles. The van der Waals surface area contributed by atoms with E-state index in [1.54, 1.807) is 0 Å². The van der Waals surface area contributed by atoms with Gasteiger partial charge in [-0.15, -0.1) is 0 Å². The minimum atomic E-state index is 0.267. The summed E-state index contributed by atoms with van der Waals surface area (Å²) < 4.78 is 5.90. The SMILES string of the molecule is NC1=NCC2(C3CC4CC(C3)CC2C4)N1CC1CCCO1. The first-order valence-corrected chi connectivity index (χ1v) is 8.95. The molecule has 4 heteroatoms. The van der Waals surface area contributed by atoms with Gasteiger partial charge in [-0.05, 0) is 68.6 Å². The lowest BCUT2D eigenvalue weighted by molar-refractivity contribution is -0.108. The van der Waals surface area contributed by atoms with Crippen LogP contribution in [0.4, 0.5) is 0 Å². The molecular weight excluding hydrogens is 262 g/mol. The number of hydrogen-bond donors (Lipinski definition) is 1. The van der Waals surface area contributed by atoms with E-state index in [2.05, 4.69) is 4.90 Å². The Hall–Kier alpha value is -0.770. The van der Waals surface area contributed by atoms with E-state index in [1.807, 2.05) is 0 Å². The maximum absolute atomic E-state index is 6.33. The zero-order valence-electron chi connectivity index (χ0n) is 12.8. The van der Waals surface area contributed by atoms with Gasteiger partial charge in [0.15, 0.2) is 5.96 Å². The van der Waals surface area contributed by atoms with E-state index >= 15 is 0 Å². The number of rotatable bonds is 2. The van der Waals surface area contributed by atoms with Crippen LogP contribution in [0.5, 0.6) is 0 Å². The molecule has 1 saturated heterocycles. The van der Waals surface area contributed by atoms with Gasteiger partial charge >= 0.3 is 0 Å². The fourth-order valence-corrected chi connectivity index (χ4v) is 6.55. The molecule has 0 aromatic rings. The third-order valence-electron chi connectivity index (χ3n) is 7.24. The number of hydrogen-bond acceptors (Lipinski definition) is 4. The van der Waals surface area contributed by atoms with E-state index in [1.165, 1.54) is 44.9 Å². The van der Waals surface area contributed by atoms with Crippen LogP contribution in [0.2, 0.25) is 0 Å². The van der Waals surface area contributed by atoms with Crippen molar-refractivity contribution in [2.24, 2.45) is 34.4 Å². The Morgan fingerprint density at radius 3 is 2.48 bits per heavy atom. The van der Waals surface area contributed by atoms with E-state index < -0.39 is 0 Å². The normalized spacial score (nSPS) is 51.1. The molecule has 0 aromatic carbocycles. The molecule has 4 bridgehead atoms. The number of nitrogens with zero attached hydrogens (tertiary/aromatic N) is 2. The van der Waals surface area contributed by atoms with Crippen molar-refractivity contribution in [1.82, 2.24) is 4.90 Å². The second kappa shape index (κ2) is 4.37. The summed E-state index contributed by atoms with van der Waals surface area (Å²) in [6.07, 6.45) is 10.0. The molecule has 2 heterocycles. The summed E-state index contributed by atoms with van der Waals surface area (Å²) in [4.78, 5) is 7.23. The van der Waals surface area contributed by atoms with Gasteiger partial charge < -0.3 is 15.4 Å². The van der Waals surface area contributed by atoms with Gasteiger partial charge in [0.1, 0.15) is 0 Å². The molecule has 6 rings (SSSR count). The fourth-order valence-electron chi connectivity index (χ4n) is 6.55. The van der Waals surface area contributed by atoms with Crippen molar-refractivity contribution in [3.05, 3.63) is 0 Å². The minimum absolute atomic E-state index is 0.267. The van der Waals surface area contributed by atoms with Crippen LogP contribution in [-0.2, 0) is 4.74 Å². The average Bonchev–Trinajstić information content (AvgIpc) is 3.07. The Labute approximate surface area is 127 Å². The highest BCUT2D eigenvalue weighted by molar-refractivity contribution is 5.81. The maximum atomic E-state index is 6.33. The van der Waals surface area contributed by atoms with Gasteiger partial charge in [-0.1, -0.05) is 0 Å². The third-order valence-corrected chi connectivity index (χ3v) is 7.24. The van der Waals surface area contributed by atoms with Crippen molar-refractivity contribution >= 4 is 5.96 Å². The summed E-state index contributed by atoms with van der Waals surface area (Å²) in [6.45, 7) is 2.87. The number of guanidine groups is 1. The van der Waals surface area contributed by atoms with E-state index in [0.717, 1.165) is 49.3 Å². The molecule has 0 radical (unpaired) electrons. The Bertz CT molecular complexity index is 441. The Balaban J connectivity index is 1.46. The summed E-state index contributed by atoms with van der Waals surface area (Å²) >= 11 is 0. The first kappa shape index (κ1) is 12.7. The van der Waals surface area contributed by atoms with Gasteiger partial charge in [-0.2, -0.15) is 0 Å². The Morgan fingerprint density at radius 1 is 1.14 bits per heavy atom. The molecule has 4 saturated carbocycles. The molecule has 2 N–H and O–H groups in total. The lowest BCUT2D eigenvalue weighted by Gasteiger charge is -2.62. The summed E-state index contributed by atoms with van der Waals surface area (Å²) in [7, 11) is 0. The monoisotopic (exact) mass is 289 g/mol. The smallest absolute Gasteiger partial charge is 0.191 e. The van der Waals surface area contributed by atoms with Crippen molar-refractivity contribution in [1.29, 1.82) is 0 Å². The highest BCUT2D eigenvalue weighted by Crippen LogP contribution is 2.61. The van der Waals surface area contributed by atoms with Gasteiger partial charge in [0.2, 0.25) is 0 Å². The zero-order valence-corrected chi connectivity index (χ0v) is 12.8. The summed E-state index contributed by atoms with van der Waals surface area (Å²) in [5, 5.41) is 0. The van der Waals surface area contributed by atoms with Crippen LogP contribution in [0.15, 0.2) is 4.99 Å². The molecule has 1 unspecified atom stereocenters. The first-order valence-electron chi connectivity index (χ1n) is 8.95. The fraction of sp³-hybridized carbons (Fsp3) is 0.941. The standard InChI is InChI=1S/C17H27N3O/c18-16-19-10-17(20(16)9-15-2-1-3-21-15)13-5-11-4-12(7-13)8-14(17)6-11/h11-15H,1-10H2,(H2,18,19).